The molecule has 7 nitrogen and oxygen atoms in total. The molecule has 0 unspecified atom stereocenters. The molecule has 2 aromatic heterocycles. The van der Waals surface area contributed by atoms with Crippen molar-refractivity contribution in [1.29, 1.82) is 0 Å². The molecule has 0 amide bonds. The number of aromatic amines is 1. The third-order valence-corrected chi connectivity index (χ3v) is 4.78. The molecule has 0 spiro atoms. The van der Waals surface area contributed by atoms with Crippen molar-refractivity contribution in [1.82, 2.24) is 19.1 Å². The van der Waals surface area contributed by atoms with Crippen LogP contribution in [0.2, 0.25) is 0 Å². The van der Waals surface area contributed by atoms with Crippen molar-refractivity contribution in [3.8, 4) is 0 Å². The Bertz CT molecular complexity index is 1210. The largest absolute Gasteiger partial charge is 0.378 e. The second-order valence-electron chi connectivity index (χ2n) is 6.63. The average Bonchev–Trinajstić information content (AvgIpc) is 3.10. The molecule has 0 aliphatic carbocycles. The Kier molecular flexibility index (Phi) is 4.80. The van der Waals surface area contributed by atoms with Crippen LogP contribution in [-0.2, 0) is 26.6 Å². The molecule has 0 fully saturated rings. The maximum Gasteiger partial charge on any atom is 0.329 e. The van der Waals surface area contributed by atoms with Crippen LogP contribution in [0.3, 0.4) is 0 Å². The smallest absolute Gasteiger partial charge is 0.329 e. The predicted molar refractivity (Wildman–Crippen MR) is 110 cm³/mol. The number of rotatable bonds is 6. The van der Waals surface area contributed by atoms with Crippen LogP contribution in [0.5, 0.6) is 0 Å². The van der Waals surface area contributed by atoms with E-state index < -0.39 is 11.2 Å². The minimum atomic E-state index is -0.465. The minimum absolute atomic E-state index is 0.395. The van der Waals surface area contributed by atoms with Gasteiger partial charge in [-0.05, 0) is 24.1 Å². The van der Waals surface area contributed by atoms with Crippen LogP contribution in [0.25, 0.3) is 11.2 Å². The number of hydrogen-bond acceptors (Lipinski definition) is 4. The van der Waals surface area contributed by atoms with Gasteiger partial charge in [0.15, 0.2) is 11.2 Å². The number of fused-ring (bicyclic) bond motifs is 1. The Morgan fingerprint density at radius 1 is 1.00 bits per heavy atom. The van der Waals surface area contributed by atoms with Gasteiger partial charge in [-0.3, -0.25) is 14.3 Å². The fraction of sp³-hybridized carbons (Fsp3) is 0.190. The quantitative estimate of drug-likeness (QED) is 0.541. The molecular weight excluding hydrogens is 354 g/mol. The molecule has 2 N–H and O–H groups in total. The van der Waals surface area contributed by atoms with Gasteiger partial charge in [0.2, 0.25) is 0 Å². The molecule has 0 saturated carbocycles. The fourth-order valence-electron chi connectivity index (χ4n) is 3.28. The second-order valence-corrected chi connectivity index (χ2v) is 6.63. The molecule has 142 valence electrons. The summed E-state index contributed by atoms with van der Waals surface area (Å²) in [6.07, 6.45) is 0.757. The molecule has 2 aromatic carbocycles. The molecule has 0 saturated heterocycles. The third-order valence-electron chi connectivity index (χ3n) is 4.78. The van der Waals surface area contributed by atoms with Crippen LogP contribution >= 0.6 is 0 Å². The molecule has 2 heterocycles. The van der Waals surface area contributed by atoms with Gasteiger partial charge in [-0.1, -0.05) is 48.5 Å². The van der Waals surface area contributed by atoms with Crippen molar-refractivity contribution in [2.75, 3.05) is 5.32 Å². The zero-order valence-corrected chi connectivity index (χ0v) is 15.6. The summed E-state index contributed by atoms with van der Waals surface area (Å²) >= 11 is 0. The highest BCUT2D eigenvalue weighted by Crippen LogP contribution is 2.15. The lowest BCUT2D eigenvalue weighted by atomic mass is 10.1. The van der Waals surface area contributed by atoms with Crippen LogP contribution in [0.4, 0.5) is 5.69 Å². The molecule has 0 aliphatic heterocycles. The minimum Gasteiger partial charge on any atom is -0.378 e. The van der Waals surface area contributed by atoms with E-state index in [2.05, 4.69) is 27.4 Å². The Balaban J connectivity index is 1.73. The first-order valence-electron chi connectivity index (χ1n) is 9.15. The van der Waals surface area contributed by atoms with E-state index in [0.29, 0.717) is 30.1 Å². The summed E-state index contributed by atoms with van der Waals surface area (Å²) < 4.78 is 3.28. The van der Waals surface area contributed by atoms with Crippen LogP contribution in [-0.4, -0.2) is 19.1 Å². The van der Waals surface area contributed by atoms with Gasteiger partial charge in [-0.2, -0.15) is 0 Å². The van der Waals surface area contributed by atoms with E-state index in [4.69, 9.17) is 0 Å². The monoisotopic (exact) mass is 375 g/mol. The summed E-state index contributed by atoms with van der Waals surface area (Å²) in [6.45, 7) is 1.04. The van der Waals surface area contributed by atoms with Crippen molar-refractivity contribution < 1.29 is 0 Å². The van der Waals surface area contributed by atoms with Crippen molar-refractivity contribution in [2.45, 2.75) is 19.5 Å². The maximum absolute atomic E-state index is 12.5. The Morgan fingerprint density at radius 2 is 1.68 bits per heavy atom. The molecular formula is C21H21N5O2. The number of anilines is 1. The first kappa shape index (κ1) is 17.8. The fourth-order valence-corrected chi connectivity index (χ4v) is 3.28. The number of para-hydroxylation sites is 1. The number of aryl methyl sites for hydroxylation is 3. The van der Waals surface area contributed by atoms with E-state index in [1.54, 1.807) is 7.05 Å². The average molecular weight is 375 g/mol. The number of aromatic nitrogens is 4. The summed E-state index contributed by atoms with van der Waals surface area (Å²) in [4.78, 5) is 31.5. The van der Waals surface area contributed by atoms with Gasteiger partial charge < -0.3 is 9.88 Å². The van der Waals surface area contributed by atoms with Gasteiger partial charge in [0.05, 0.1) is 6.54 Å². The van der Waals surface area contributed by atoms with E-state index in [1.807, 2.05) is 53.1 Å². The number of hydrogen-bond donors (Lipinski definition) is 2. The van der Waals surface area contributed by atoms with Crippen molar-refractivity contribution in [3.63, 3.8) is 0 Å². The van der Waals surface area contributed by atoms with Gasteiger partial charge in [-0.15, -0.1) is 0 Å². The summed E-state index contributed by atoms with van der Waals surface area (Å²) in [7, 11) is 1.61. The van der Waals surface area contributed by atoms with Crippen LogP contribution in [0.15, 0.2) is 70.3 Å². The third kappa shape index (κ3) is 3.46. The SMILES string of the molecule is Cn1c(=O)[nH]c(=O)c2c1nc(CNc1ccccc1)n2CCc1ccccc1. The topological polar surface area (TPSA) is 84.7 Å². The van der Waals surface area contributed by atoms with Gasteiger partial charge in [0, 0.05) is 19.3 Å². The Morgan fingerprint density at radius 3 is 2.39 bits per heavy atom. The van der Waals surface area contributed by atoms with E-state index in [9.17, 15) is 9.59 Å². The number of benzene rings is 2. The molecule has 28 heavy (non-hydrogen) atoms. The summed E-state index contributed by atoms with van der Waals surface area (Å²) in [5.74, 6) is 0.710. The second kappa shape index (κ2) is 7.56. The van der Waals surface area contributed by atoms with Gasteiger partial charge >= 0.3 is 5.69 Å². The molecule has 4 rings (SSSR count). The van der Waals surface area contributed by atoms with Crippen molar-refractivity contribution >= 4 is 16.9 Å². The summed E-state index contributed by atoms with van der Waals surface area (Å²) in [5.41, 5.74) is 2.08. The normalized spacial score (nSPS) is 11.0. The van der Waals surface area contributed by atoms with E-state index in [0.717, 1.165) is 12.1 Å². The lowest BCUT2D eigenvalue weighted by molar-refractivity contribution is 0.673. The van der Waals surface area contributed by atoms with Crippen molar-refractivity contribution in [2.24, 2.45) is 7.05 Å². The van der Waals surface area contributed by atoms with Crippen molar-refractivity contribution in [3.05, 3.63) is 92.9 Å². The van der Waals surface area contributed by atoms with E-state index in [1.165, 1.54) is 10.1 Å². The number of imidazole rings is 1. The molecule has 4 aromatic rings. The van der Waals surface area contributed by atoms with Gasteiger partial charge in [0.1, 0.15) is 5.82 Å². The van der Waals surface area contributed by atoms with Crippen LogP contribution in [0, 0.1) is 0 Å². The molecule has 0 atom stereocenters. The highest BCUT2D eigenvalue weighted by Gasteiger charge is 2.17. The number of H-pyrrole nitrogens is 1. The zero-order chi connectivity index (χ0) is 19.5. The molecule has 0 bridgehead atoms. The standard InChI is InChI=1S/C21H21N5O2/c1-25-19-18(20(27)24-21(25)28)26(13-12-15-8-4-2-5-9-15)17(23-19)14-22-16-10-6-3-7-11-16/h2-11,22H,12-14H2,1H3,(H,24,27,28). The Hall–Kier alpha value is -3.61. The Labute approximate surface area is 161 Å². The molecule has 7 heteroatoms. The van der Waals surface area contributed by atoms with Gasteiger partial charge in [-0.25, -0.2) is 9.78 Å². The molecule has 0 radical (unpaired) electrons. The summed E-state index contributed by atoms with van der Waals surface area (Å²) in [5, 5.41) is 3.33. The highest BCUT2D eigenvalue weighted by molar-refractivity contribution is 5.71. The predicted octanol–water partition coefficient (Wildman–Crippen LogP) is 2.28. The number of nitrogens with one attached hydrogen (secondary N) is 2. The molecule has 0 aliphatic rings. The van der Waals surface area contributed by atoms with E-state index >= 15 is 0 Å². The lowest BCUT2D eigenvalue weighted by Crippen LogP contribution is -2.29. The number of nitrogens with zero attached hydrogens (tertiary/aromatic N) is 3. The van der Waals surface area contributed by atoms with E-state index in [-0.39, 0.29) is 0 Å². The first-order chi connectivity index (χ1) is 13.6. The summed E-state index contributed by atoms with van der Waals surface area (Å²) in [6, 6.07) is 19.9. The van der Waals surface area contributed by atoms with Gasteiger partial charge in [0.25, 0.3) is 5.56 Å². The zero-order valence-electron chi connectivity index (χ0n) is 15.6. The van der Waals surface area contributed by atoms with Crippen LogP contribution < -0.4 is 16.6 Å². The van der Waals surface area contributed by atoms with Crippen LogP contribution in [0.1, 0.15) is 11.4 Å². The first-order valence-corrected chi connectivity index (χ1v) is 9.15. The lowest BCUT2D eigenvalue weighted by Gasteiger charge is -2.10. The highest BCUT2D eigenvalue weighted by atomic mass is 16.2. The maximum atomic E-state index is 12.5.